The Labute approximate surface area is 164 Å². The van der Waals surface area contributed by atoms with Gasteiger partial charge in [0.25, 0.3) is 0 Å². The molecule has 0 saturated heterocycles. The smallest absolute Gasteiger partial charge is 0.131 e. The van der Waals surface area contributed by atoms with Crippen LogP contribution in [0.15, 0.2) is 60.7 Å². The fourth-order valence-electron chi connectivity index (χ4n) is 3.67. The van der Waals surface area contributed by atoms with E-state index in [1.807, 2.05) is 24.3 Å². The summed E-state index contributed by atoms with van der Waals surface area (Å²) in [6.45, 7) is 2.10. The molecular weight excluding hydrogens is 363 g/mol. The summed E-state index contributed by atoms with van der Waals surface area (Å²) in [5.74, 6) is 0.934. The molecule has 0 spiro atoms. The first-order valence-corrected chi connectivity index (χ1v) is 9.66. The maximum Gasteiger partial charge on any atom is 0.131 e. The molecule has 0 bridgehead atoms. The normalized spacial score (nSPS) is 15.6. The van der Waals surface area contributed by atoms with E-state index in [0.29, 0.717) is 10.0 Å². The number of rotatable bonds is 4. The third-order valence-corrected chi connectivity index (χ3v) is 5.50. The van der Waals surface area contributed by atoms with Crippen molar-refractivity contribution in [3.8, 4) is 16.9 Å². The Kier molecular flexibility index (Phi) is 4.93. The van der Waals surface area contributed by atoms with Crippen molar-refractivity contribution < 1.29 is 4.74 Å². The summed E-state index contributed by atoms with van der Waals surface area (Å²) in [7, 11) is 0. The number of hydrogen-bond acceptors (Lipinski definition) is 1. The summed E-state index contributed by atoms with van der Waals surface area (Å²) in [5, 5.41) is 1.31. The summed E-state index contributed by atoms with van der Waals surface area (Å²) >= 11 is 12.9. The second kappa shape index (κ2) is 7.34. The van der Waals surface area contributed by atoms with Gasteiger partial charge in [0.1, 0.15) is 11.9 Å². The van der Waals surface area contributed by atoms with Crippen molar-refractivity contribution in [2.75, 3.05) is 0 Å². The quantitative estimate of drug-likeness (QED) is 0.476. The minimum absolute atomic E-state index is 0.187. The second-order valence-corrected chi connectivity index (χ2v) is 7.68. The summed E-state index contributed by atoms with van der Waals surface area (Å²) in [6.07, 6.45) is 3.12. The Morgan fingerprint density at radius 3 is 2.42 bits per heavy atom. The lowest BCUT2D eigenvalue weighted by atomic mass is 9.97. The van der Waals surface area contributed by atoms with Gasteiger partial charge in [0, 0.05) is 17.5 Å². The molecule has 0 amide bonds. The van der Waals surface area contributed by atoms with Crippen LogP contribution >= 0.6 is 23.2 Å². The highest BCUT2D eigenvalue weighted by molar-refractivity contribution is 6.39. The van der Waals surface area contributed by atoms with Gasteiger partial charge < -0.3 is 4.74 Å². The Hall–Kier alpha value is -1.96. The van der Waals surface area contributed by atoms with Gasteiger partial charge >= 0.3 is 0 Å². The van der Waals surface area contributed by atoms with Gasteiger partial charge in [-0.05, 0) is 54.7 Å². The van der Waals surface area contributed by atoms with Gasteiger partial charge in [-0.3, -0.25) is 0 Å². The Balaban J connectivity index is 1.62. The molecule has 0 fully saturated rings. The number of halogens is 2. The van der Waals surface area contributed by atoms with Crippen LogP contribution < -0.4 is 4.74 Å². The van der Waals surface area contributed by atoms with Crippen LogP contribution in [-0.4, -0.2) is 6.10 Å². The van der Waals surface area contributed by atoms with Gasteiger partial charge in [0.2, 0.25) is 0 Å². The van der Waals surface area contributed by atoms with Crippen LogP contribution in [0.2, 0.25) is 10.0 Å². The monoisotopic (exact) mass is 382 g/mol. The number of fused-ring (bicyclic) bond motifs is 1. The topological polar surface area (TPSA) is 9.23 Å². The highest BCUT2D eigenvalue weighted by Crippen LogP contribution is 2.45. The van der Waals surface area contributed by atoms with Gasteiger partial charge in [-0.2, -0.15) is 0 Å². The number of benzene rings is 3. The first-order chi connectivity index (χ1) is 12.6. The molecule has 1 aliphatic rings. The molecule has 1 heterocycles. The molecule has 26 heavy (non-hydrogen) atoms. The lowest BCUT2D eigenvalue weighted by Crippen LogP contribution is -2.13. The van der Waals surface area contributed by atoms with E-state index in [9.17, 15) is 0 Å². The first-order valence-electron chi connectivity index (χ1n) is 8.90. The van der Waals surface area contributed by atoms with Crippen LogP contribution in [0.25, 0.3) is 11.1 Å². The molecule has 4 rings (SSSR count). The van der Waals surface area contributed by atoms with Gasteiger partial charge in [-0.1, -0.05) is 65.7 Å². The van der Waals surface area contributed by atoms with Crippen LogP contribution in [0.5, 0.6) is 5.75 Å². The standard InChI is InChI=1S/C23H20Cl2O/c1-15-12-17-14-18(11-10-16-6-3-2-4-7-16)26-23(17)19(13-15)22-20(24)8-5-9-21(22)25/h2-9,12-13,18H,10-11,14H2,1H3. The molecule has 3 heteroatoms. The lowest BCUT2D eigenvalue weighted by Gasteiger charge is -2.15. The van der Waals surface area contributed by atoms with E-state index in [2.05, 4.69) is 43.3 Å². The zero-order chi connectivity index (χ0) is 18.1. The maximum atomic E-state index is 6.46. The Morgan fingerprint density at radius 1 is 0.962 bits per heavy atom. The van der Waals surface area contributed by atoms with Crippen LogP contribution in [0.3, 0.4) is 0 Å². The first kappa shape index (κ1) is 17.5. The number of aryl methyl sites for hydroxylation is 2. The van der Waals surface area contributed by atoms with Crippen LogP contribution in [-0.2, 0) is 12.8 Å². The average molecular weight is 383 g/mol. The van der Waals surface area contributed by atoms with Gasteiger partial charge in [0.05, 0.1) is 10.0 Å². The molecule has 0 radical (unpaired) electrons. The van der Waals surface area contributed by atoms with Crippen molar-refractivity contribution in [1.29, 1.82) is 0 Å². The molecule has 3 aromatic rings. The van der Waals surface area contributed by atoms with Crippen molar-refractivity contribution in [3.63, 3.8) is 0 Å². The van der Waals surface area contributed by atoms with Gasteiger partial charge in [0.15, 0.2) is 0 Å². The summed E-state index contributed by atoms with van der Waals surface area (Å²) in [5.41, 5.74) is 5.64. The van der Waals surface area contributed by atoms with Crippen molar-refractivity contribution >= 4 is 23.2 Å². The van der Waals surface area contributed by atoms with Crippen molar-refractivity contribution in [3.05, 3.63) is 87.4 Å². The minimum Gasteiger partial charge on any atom is -0.489 e. The van der Waals surface area contributed by atoms with E-state index in [-0.39, 0.29) is 6.10 Å². The summed E-state index contributed by atoms with van der Waals surface area (Å²) in [6, 6.07) is 20.5. The molecule has 1 nitrogen and oxygen atoms in total. The Morgan fingerprint density at radius 2 is 1.69 bits per heavy atom. The van der Waals surface area contributed by atoms with Crippen molar-refractivity contribution in [2.45, 2.75) is 32.3 Å². The summed E-state index contributed by atoms with van der Waals surface area (Å²) < 4.78 is 6.36. The zero-order valence-electron chi connectivity index (χ0n) is 14.6. The molecule has 1 atom stereocenters. The third-order valence-electron chi connectivity index (χ3n) is 4.87. The van der Waals surface area contributed by atoms with Crippen LogP contribution in [0, 0.1) is 6.92 Å². The Bertz CT molecular complexity index is 914. The minimum atomic E-state index is 0.187. The maximum absolute atomic E-state index is 6.46. The predicted molar refractivity (Wildman–Crippen MR) is 110 cm³/mol. The number of hydrogen-bond donors (Lipinski definition) is 0. The molecule has 1 aliphatic heterocycles. The summed E-state index contributed by atoms with van der Waals surface area (Å²) in [4.78, 5) is 0. The molecule has 0 aliphatic carbocycles. The van der Waals surface area contributed by atoms with Crippen LogP contribution in [0.1, 0.15) is 23.1 Å². The fourth-order valence-corrected chi connectivity index (χ4v) is 4.27. The zero-order valence-corrected chi connectivity index (χ0v) is 16.1. The lowest BCUT2D eigenvalue weighted by molar-refractivity contribution is 0.222. The van der Waals surface area contributed by atoms with Crippen molar-refractivity contribution in [2.24, 2.45) is 0 Å². The van der Waals surface area contributed by atoms with Gasteiger partial charge in [-0.25, -0.2) is 0 Å². The van der Waals surface area contributed by atoms with Crippen molar-refractivity contribution in [1.82, 2.24) is 0 Å². The third kappa shape index (κ3) is 3.47. The molecule has 0 aromatic heterocycles. The number of ether oxygens (including phenoxy) is 1. The fraction of sp³-hybridized carbons (Fsp3) is 0.217. The SMILES string of the molecule is Cc1cc2c(c(-c3c(Cl)cccc3Cl)c1)OC(CCc1ccccc1)C2. The average Bonchev–Trinajstić information content (AvgIpc) is 3.03. The molecule has 0 N–H and O–H groups in total. The molecule has 132 valence electrons. The highest BCUT2D eigenvalue weighted by Gasteiger charge is 2.27. The second-order valence-electron chi connectivity index (χ2n) is 6.87. The van der Waals surface area contributed by atoms with E-state index < -0.39 is 0 Å². The largest absolute Gasteiger partial charge is 0.489 e. The predicted octanol–water partition coefficient (Wildman–Crippen LogP) is 6.91. The van der Waals surface area contributed by atoms with E-state index in [4.69, 9.17) is 27.9 Å². The molecular formula is C23H20Cl2O. The van der Waals surface area contributed by atoms with Gasteiger partial charge in [-0.15, -0.1) is 0 Å². The van der Waals surface area contributed by atoms with E-state index in [1.54, 1.807) is 0 Å². The van der Waals surface area contributed by atoms with E-state index in [1.165, 1.54) is 16.7 Å². The van der Waals surface area contributed by atoms with Crippen LogP contribution in [0.4, 0.5) is 0 Å². The highest BCUT2D eigenvalue weighted by atomic mass is 35.5. The van der Waals surface area contributed by atoms with E-state index in [0.717, 1.165) is 36.1 Å². The molecule has 1 unspecified atom stereocenters. The van der Waals surface area contributed by atoms with E-state index >= 15 is 0 Å². The molecule has 3 aromatic carbocycles. The molecule has 0 saturated carbocycles.